The van der Waals surface area contributed by atoms with Gasteiger partial charge in [-0.25, -0.2) is 4.79 Å². The molecule has 0 saturated carbocycles. The highest BCUT2D eigenvalue weighted by Crippen LogP contribution is 1.79. The molecule has 0 fully saturated rings. The highest BCUT2D eigenvalue weighted by Gasteiger charge is 2.12. The summed E-state index contributed by atoms with van der Waals surface area (Å²) in [6.07, 6.45) is 2.08. The Morgan fingerprint density at radius 1 is 1.75 bits per heavy atom. The first-order chi connectivity index (χ1) is 5.72. The smallest absolute Gasteiger partial charge is 0.327 e. The fourth-order valence-electron chi connectivity index (χ4n) is 0.636. The summed E-state index contributed by atoms with van der Waals surface area (Å²) in [5.74, 6) is -0.991. The lowest BCUT2D eigenvalue weighted by atomic mass is 10.3. The van der Waals surface area contributed by atoms with Gasteiger partial charge in [-0.3, -0.25) is 0 Å². The maximum absolute atomic E-state index is 10.4. The number of nitrogens with one attached hydrogen (secondary N) is 1. The Balaban J connectivity index is 3.64. The van der Waals surface area contributed by atoms with E-state index in [0.29, 0.717) is 0 Å². The molecule has 0 bridgehead atoms. The van der Waals surface area contributed by atoms with Gasteiger partial charge in [0.1, 0.15) is 15.3 Å². The lowest BCUT2D eigenvalue weighted by Crippen LogP contribution is -2.40. The van der Waals surface area contributed by atoms with E-state index < -0.39 is 12.0 Å². The summed E-state index contributed by atoms with van der Waals surface area (Å²) in [5.41, 5.74) is 2.05. The van der Waals surface area contributed by atoms with Crippen LogP contribution in [0.25, 0.3) is 0 Å². The number of carboxylic acids is 1. The van der Waals surface area contributed by atoms with E-state index in [1.54, 1.807) is 0 Å². The first-order valence-electron chi connectivity index (χ1n) is 3.97. The summed E-state index contributed by atoms with van der Waals surface area (Å²) >= 11 is 0. The molecule has 0 aliphatic heterocycles. The van der Waals surface area contributed by atoms with Crippen LogP contribution < -0.4 is 4.98 Å². The average Bonchev–Trinajstić information content (AvgIpc) is 2.04. The van der Waals surface area contributed by atoms with Crippen LogP contribution in [0, 0.1) is 0 Å². The normalized spacial score (nSPS) is 13.2. The highest BCUT2D eigenvalue weighted by molar-refractivity contribution is 6.44. The minimum atomic E-state index is -0.991. The first-order valence-corrected chi connectivity index (χ1v) is 5.21. The molecule has 0 aromatic rings. The van der Waals surface area contributed by atoms with Crippen molar-refractivity contribution in [3.63, 3.8) is 0 Å². The van der Waals surface area contributed by atoms with Crippen molar-refractivity contribution >= 4 is 20.9 Å². The van der Waals surface area contributed by atoms with Crippen molar-refractivity contribution < 1.29 is 15.0 Å². The summed E-state index contributed by atoms with van der Waals surface area (Å²) in [6, 6.07) is -0.798. The molecular weight excluding hydrogens is 174 g/mol. The van der Waals surface area contributed by atoms with Gasteiger partial charge in [0.15, 0.2) is 0 Å². The highest BCUT2D eigenvalue weighted by atomic mass is 28.2. The van der Waals surface area contributed by atoms with Crippen LogP contribution in [0.4, 0.5) is 0 Å². The second-order valence-corrected chi connectivity index (χ2v) is 3.57. The van der Waals surface area contributed by atoms with Gasteiger partial charge in [0, 0.05) is 0 Å². The quantitative estimate of drug-likeness (QED) is 0.468. The second-order valence-electron chi connectivity index (χ2n) is 2.43. The van der Waals surface area contributed by atoms with Crippen LogP contribution in [-0.4, -0.2) is 43.8 Å². The van der Waals surface area contributed by atoms with E-state index in [4.69, 9.17) is 10.2 Å². The fourth-order valence-corrected chi connectivity index (χ4v) is 1.75. The molecule has 1 atom stereocenters. The summed E-state index contributed by atoms with van der Waals surface area (Å²) < 4.78 is 0. The average molecular weight is 189 g/mol. The van der Waals surface area contributed by atoms with Crippen LogP contribution in [0.2, 0.25) is 0 Å². The second kappa shape index (κ2) is 6.99. The molecule has 0 aliphatic rings. The number of rotatable bonds is 6. The molecule has 4 nitrogen and oxygen atoms in total. The molecule has 0 rings (SSSR count). The van der Waals surface area contributed by atoms with Crippen molar-refractivity contribution in [3.8, 4) is 0 Å². The minimum absolute atomic E-state index is 0.157. The molecule has 0 amide bonds. The molecule has 70 valence electrons. The van der Waals surface area contributed by atoms with Crippen LogP contribution in [0.1, 0.15) is 19.8 Å². The molecule has 0 aliphatic carbocycles. The maximum atomic E-state index is 10.4. The van der Waals surface area contributed by atoms with E-state index in [-0.39, 0.29) is 15.9 Å². The van der Waals surface area contributed by atoms with E-state index in [9.17, 15) is 4.79 Å². The molecule has 0 aromatic carbocycles. The molecule has 0 unspecified atom stereocenters. The number of aliphatic hydroxyl groups excluding tert-OH is 1. The number of hydrogen-bond acceptors (Lipinski definition) is 3. The third-order valence-electron chi connectivity index (χ3n) is 1.35. The van der Waals surface area contributed by atoms with Gasteiger partial charge in [0.2, 0.25) is 0 Å². The van der Waals surface area contributed by atoms with E-state index in [1.807, 2.05) is 5.67 Å². The van der Waals surface area contributed by atoms with E-state index in [2.05, 4.69) is 11.9 Å². The maximum Gasteiger partial charge on any atom is 0.327 e. The number of aliphatic hydroxyl groups is 1. The van der Waals surface area contributed by atoms with Crippen LogP contribution >= 0.6 is 0 Å². The summed E-state index contributed by atoms with van der Waals surface area (Å²) in [4.78, 5) is 13.2. The molecule has 0 aromatic heterocycles. The van der Waals surface area contributed by atoms with E-state index >= 15 is 0 Å². The Bertz CT molecular complexity index is 161. The minimum Gasteiger partial charge on any atom is -0.480 e. The SMILES string of the molecule is CCC/C=[SiH]/N[C@@H](CO)C(=O)O. The third kappa shape index (κ3) is 5.03. The molecule has 0 spiro atoms. The van der Waals surface area contributed by atoms with Crippen LogP contribution in [0.15, 0.2) is 0 Å². The fraction of sp³-hybridized carbons (Fsp3) is 0.714. The largest absolute Gasteiger partial charge is 0.480 e. The van der Waals surface area contributed by atoms with Crippen LogP contribution in [-0.2, 0) is 4.79 Å². The van der Waals surface area contributed by atoms with Gasteiger partial charge in [-0.1, -0.05) is 19.0 Å². The third-order valence-corrected chi connectivity index (χ3v) is 2.52. The number of carbonyl (C=O) groups is 1. The predicted molar refractivity (Wildman–Crippen MR) is 49.8 cm³/mol. The van der Waals surface area contributed by atoms with E-state index in [0.717, 1.165) is 12.8 Å². The van der Waals surface area contributed by atoms with Gasteiger partial charge in [0.25, 0.3) is 0 Å². The predicted octanol–water partition coefficient (Wildman–Crippen LogP) is -1.02. The zero-order valence-corrected chi connectivity index (χ0v) is 8.31. The standard InChI is InChI=1S/C7H15NO3Si/c1-2-3-4-12-8-6(5-9)7(10)11/h4,6,8-9,12H,2-3,5H2,1H3,(H,10,11)/b12-4+/t6-/m0/s1. The van der Waals surface area contributed by atoms with Crippen molar-refractivity contribution in [2.24, 2.45) is 0 Å². The van der Waals surface area contributed by atoms with Crippen LogP contribution in [0.5, 0.6) is 0 Å². The number of aliphatic carboxylic acids is 1. The van der Waals surface area contributed by atoms with E-state index in [1.165, 1.54) is 0 Å². The zero-order chi connectivity index (χ0) is 9.40. The summed E-state index contributed by atoms with van der Waals surface area (Å²) in [5, 5.41) is 17.1. The topological polar surface area (TPSA) is 69.6 Å². The summed E-state index contributed by atoms with van der Waals surface area (Å²) in [7, 11) is -0.157. The Hall–Kier alpha value is -0.683. The van der Waals surface area contributed by atoms with Gasteiger partial charge in [-0.2, -0.15) is 0 Å². The lowest BCUT2D eigenvalue weighted by molar-refractivity contribution is -0.139. The lowest BCUT2D eigenvalue weighted by Gasteiger charge is -2.07. The van der Waals surface area contributed by atoms with Gasteiger partial charge in [-0.05, 0) is 6.42 Å². The molecule has 5 heteroatoms. The number of unbranched alkanes of at least 4 members (excludes halogenated alkanes) is 1. The van der Waals surface area contributed by atoms with Gasteiger partial charge in [0.05, 0.1) is 6.61 Å². The Kier molecular flexibility index (Phi) is 6.59. The molecule has 12 heavy (non-hydrogen) atoms. The molecule has 0 radical (unpaired) electrons. The van der Waals surface area contributed by atoms with Crippen molar-refractivity contribution in [3.05, 3.63) is 0 Å². The van der Waals surface area contributed by atoms with Crippen LogP contribution in [0.3, 0.4) is 0 Å². The summed E-state index contributed by atoms with van der Waals surface area (Å²) in [6.45, 7) is 1.72. The molecule has 3 N–H and O–H groups in total. The molecule has 0 saturated heterocycles. The van der Waals surface area contributed by atoms with Gasteiger partial charge >= 0.3 is 5.97 Å². The Morgan fingerprint density at radius 3 is 2.83 bits per heavy atom. The number of carboxylic acid groups (broad SMARTS) is 1. The Morgan fingerprint density at radius 2 is 2.42 bits per heavy atom. The zero-order valence-electron chi connectivity index (χ0n) is 7.16. The Labute approximate surface area is 74.1 Å². The van der Waals surface area contributed by atoms with Gasteiger partial charge in [-0.15, -0.1) is 0 Å². The van der Waals surface area contributed by atoms with Gasteiger partial charge < -0.3 is 15.2 Å². The van der Waals surface area contributed by atoms with Crippen molar-refractivity contribution in [1.82, 2.24) is 4.98 Å². The van der Waals surface area contributed by atoms with Crippen molar-refractivity contribution in [2.45, 2.75) is 25.8 Å². The monoisotopic (exact) mass is 189 g/mol. The van der Waals surface area contributed by atoms with Crippen molar-refractivity contribution in [1.29, 1.82) is 0 Å². The van der Waals surface area contributed by atoms with Crippen molar-refractivity contribution in [2.75, 3.05) is 6.61 Å². The number of hydrogen-bond donors (Lipinski definition) is 3. The first kappa shape index (κ1) is 11.3. The molecular formula is C7H15NO3Si. The molecule has 0 heterocycles.